The molecule has 0 radical (unpaired) electrons. The minimum Gasteiger partial charge on any atom is -0.337 e. The Morgan fingerprint density at radius 1 is 1.41 bits per heavy atom. The Kier molecular flexibility index (Phi) is 3.61. The zero-order valence-corrected chi connectivity index (χ0v) is 11.0. The summed E-state index contributed by atoms with van der Waals surface area (Å²) in [6.45, 7) is 0. The lowest BCUT2D eigenvalue weighted by Gasteiger charge is -2.38. The largest absolute Gasteiger partial charge is 0.337 e. The van der Waals surface area contributed by atoms with Crippen molar-refractivity contribution in [2.24, 2.45) is 5.73 Å². The molecule has 1 saturated heterocycles. The number of amides is 1. The SMILES string of the molecule is CN1C(=O)CCC(N)C1c1cccc(Cl)c1Cl. The van der Waals surface area contributed by atoms with Crippen molar-refractivity contribution in [3.8, 4) is 0 Å². The molecule has 2 atom stereocenters. The maximum Gasteiger partial charge on any atom is 0.222 e. The number of carbonyl (C=O) groups is 1. The van der Waals surface area contributed by atoms with Crippen molar-refractivity contribution in [1.29, 1.82) is 0 Å². The molecule has 0 bridgehead atoms. The molecule has 0 aliphatic carbocycles. The molecule has 0 aromatic heterocycles. The van der Waals surface area contributed by atoms with E-state index in [-0.39, 0.29) is 18.0 Å². The molecule has 1 aliphatic rings. The Hall–Kier alpha value is -0.770. The molecule has 17 heavy (non-hydrogen) atoms. The minimum absolute atomic E-state index is 0.0905. The van der Waals surface area contributed by atoms with Crippen LogP contribution in [0, 0.1) is 0 Å². The van der Waals surface area contributed by atoms with Crippen LogP contribution in [0.5, 0.6) is 0 Å². The van der Waals surface area contributed by atoms with Gasteiger partial charge >= 0.3 is 0 Å². The second-order valence-electron chi connectivity index (χ2n) is 4.30. The fourth-order valence-electron chi connectivity index (χ4n) is 2.25. The molecule has 1 amide bonds. The highest BCUT2D eigenvalue weighted by Gasteiger charge is 2.33. The van der Waals surface area contributed by atoms with E-state index in [2.05, 4.69) is 0 Å². The highest BCUT2D eigenvalue weighted by Crippen LogP contribution is 2.36. The first-order valence-electron chi connectivity index (χ1n) is 5.47. The molecule has 1 aliphatic heterocycles. The topological polar surface area (TPSA) is 46.3 Å². The van der Waals surface area contributed by atoms with E-state index < -0.39 is 0 Å². The Balaban J connectivity index is 2.43. The quantitative estimate of drug-likeness (QED) is 0.854. The van der Waals surface area contributed by atoms with Gasteiger partial charge in [0.15, 0.2) is 0 Å². The number of benzene rings is 1. The predicted octanol–water partition coefficient (Wildman–Crippen LogP) is 2.61. The zero-order chi connectivity index (χ0) is 12.6. The molecule has 1 heterocycles. The van der Waals surface area contributed by atoms with Crippen LogP contribution >= 0.6 is 23.2 Å². The van der Waals surface area contributed by atoms with Crippen LogP contribution < -0.4 is 5.73 Å². The molecule has 2 rings (SSSR count). The van der Waals surface area contributed by atoms with E-state index in [0.717, 1.165) is 5.56 Å². The fraction of sp³-hybridized carbons (Fsp3) is 0.417. The van der Waals surface area contributed by atoms with E-state index in [9.17, 15) is 4.79 Å². The fourth-order valence-corrected chi connectivity index (χ4v) is 2.67. The summed E-state index contributed by atoms with van der Waals surface area (Å²) in [7, 11) is 1.75. The van der Waals surface area contributed by atoms with Crippen LogP contribution in [-0.4, -0.2) is 23.9 Å². The Labute approximate surface area is 110 Å². The Morgan fingerprint density at radius 2 is 2.12 bits per heavy atom. The molecule has 0 saturated carbocycles. The van der Waals surface area contributed by atoms with Crippen molar-refractivity contribution in [2.75, 3.05) is 7.05 Å². The molecule has 5 heteroatoms. The summed E-state index contributed by atoms with van der Waals surface area (Å²) < 4.78 is 0. The van der Waals surface area contributed by atoms with Gasteiger partial charge in [0.05, 0.1) is 16.1 Å². The smallest absolute Gasteiger partial charge is 0.222 e. The van der Waals surface area contributed by atoms with Crippen molar-refractivity contribution < 1.29 is 4.79 Å². The number of carbonyl (C=O) groups excluding carboxylic acids is 1. The van der Waals surface area contributed by atoms with Crippen molar-refractivity contribution >= 4 is 29.1 Å². The molecule has 2 unspecified atom stereocenters. The van der Waals surface area contributed by atoms with Gasteiger partial charge in [-0.15, -0.1) is 0 Å². The molecular formula is C12H14Cl2N2O. The number of nitrogens with two attached hydrogens (primary N) is 1. The number of piperidine rings is 1. The Bertz CT molecular complexity index is 450. The van der Waals surface area contributed by atoms with Gasteiger partial charge in [-0.1, -0.05) is 35.3 Å². The van der Waals surface area contributed by atoms with Crippen LogP contribution in [0.25, 0.3) is 0 Å². The average Bonchev–Trinajstić information content (AvgIpc) is 2.30. The summed E-state index contributed by atoms with van der Waals surface area (Å²) in [4.78, 5) is 13.4. The summed E-state index contributed by atoms with van der Waals surface area (Å²) >= 11 is 12.2. The van der Waals surface area contributed by atoms with Crippen LogP contribution in [0.2, 0.25) is 10.0 Å². The molecule has 92 valence electrons. The van der Waals surface area contributed by atoms with Crippen molar-refractivity contribution in [2.45, 2.75) is 24.9 Å². The summed E-state index contributed by atoms with van der Waals surface area (Å²) in [6.07, 6.45) is 1.17. The molecule has 1 aromatic carbocycles. The van der Waals surface area contributed by atoms with Crippen LogP contribution in [0.1, 0.15) is 24.4 Å². The van der Waals surface area contributed by atoms with E-state index in [4.69, 9.17) is 28.9 Å². The maximum atomic E-state index is 11.7. The van der Waals surface area contributed by atoms with Crippen LogP contribution in [-0.2, 0) is 4.79 Å². The number of rotatable bonds is 1. The van der Waals surface area contributed by atoms with Crippen LogP contribution in [0.3, 0.4) is 0 Å². The van der Waals surface area contributed by atoms with E-state index in [0.29, 0.717) is 22.9 Å². The van der Waals surface area contributed by atoms with Gasteiger partial charge in [-0.05, 0) is 18.1 Å². The molecular weight excluding hydrogens is 259 g/mol. The standard InChI is InChI=1S/C12H14Cl2N2O/c1-16-10(17)6-5-9(15)12(16)7-3-2-4-8(13)11(7)14/h2-4,9,12H,5-6,15H2,1H3. The normalized spacial score (nSPS) is 25.2. The first-order chi connectivity index (χ1) is 8.02. The second-order valence-corrected chi connectivity index (χ2v) is 5.08. The molecule has 2 N–H and O–H groups in total. The lowest BCUT2D eigenvalue weighted by molar-refractivity contribution is -0.135. The lowest BCUT2D eigenvalue weighted by atomic mass is 9.91. The van der Waals surface area contributed by atoms with Crippen molar-refractivity contribution in [1.82, 2.24) is 4.90 Å². The van der Waals surface area contributed by atoms with Crippen LogP contribution in [0.4, 0.5) is 0 Å². The monoisotopic (exact) mass is 272 g/mol. The third-order valence-electron chi connectivity index (χ3n) is 3.21. The summed E-state index contributed by atoms with van der Waals surface area (Å²) in [5.74, 6) is 0.0905. The highest BCUT2D eigenvalue weighted by molar-refractivity contribution is 6.42. The summed E-state index contributed by atoms with van der Waals surface area (Å²) in [5, 5.41) is 0.971. The number of likely N-dealkylation sites (tertiary alicyclic amines) is 1. The summed E-state index contributed by atoms with van der Waals surface area (Å²) in [6, 6.07) is 5.12. The molecule has 1 fully saturated rings. The maximum absolute atomic E-state index is 11.7. The van der Waals surface area contributed by atoms with Gasteiger partial charge in [-0.2, -0.15) is 0 Å². The van der Waals surface area contributed by atoms with Gasteiger partial charge < -0.3 is 10.6 Å². The third-order valence-corrected chi connectivity index (χ3v) is 4.04. The van der Waals surface area contributed by atoms with Gasteiger partial charge in [0.25, 0.3) is 0 Å². The second kappa shape index (κ2) is 4.84. The van der Waals surface area contributed by atoms with Gasteiger partial charge in [0, 0.05) is 19.5 Å². The number of hydrogen-bond acceptors (Lipinski definition) is 2. The molecule has 0 spiro atoms. The van der Waals surface area contributed by atoms with E-state index in [1.807, 2.05) is 12.1 Å². The minimum atomic E-state index is -0.192. The Morgan fingerprint density at radius 3 is 2.82 bits per heavy atom. The predicted molar refractivity (Wildman–Crippen MR) is 69.2 cm³/mol. The van der Waals surface area contributed by atoms with Crippen LogP contribution in [0.15, 0.2) is 18.2 Å². The van der Waals surface area contributed by atoms with E-state index in [1.165, 1.54) is 0 Å². The number of nitrogens with zero attached hydrogens (tertiary/aromatic N) is 1. The van der Waals surface area contributed by atoms with Gasteiger partial charge in [-0.3, -0.25) is 4.79 Å². The van der Waals surface area contributed by atoms with Gasteiger partial charge in [0.2, 0.25) is 5.91 Å². The highest BCUT2D eigenvalue weighted by atomic mass is 35.5. The summed E-state index contributed by atoms with van der Waals surface area (Å²) in [5.41, 5.74) is 6.91. The number of likely N-dealkylation sites (N-methyl/N-ethyl adjacent to an activating group) is 1. The van der Waals surface area contributed by atoms with Gasteiger partial charge in [-0.25, -0.2) is 0 Å². The first-order valence-corrected chi connectivity index (χ1v) is 6.23. The average molecular weight is 273 g/mol. The van der Waals surface area contributed by atoms with Crippen molar-refractivity contribution in [3.05, 3.63) is 33.8 Å². The molecule has 1 aromatic rings. The van der Waals surface area contributed by atoms with E-state index in [1.54, 1.807) is 18.0 Å². The molecule has 3 nitrogen and oxygen atoms in total. The van der Waals surface area contributed by atoms with E-state index >= 15 is 0 Å². The van der Waals surface area contributed by atoms with Crippen molar-refractivity contribution in [3.63, 3.8) is 0 Å². The first kappa shape index (κ1) is 12.7. The third kappa shape index (κ3) is 2.28. The number of halogens is 2. The van der Waals surface area contributed by atoms with Gasteiger partial charge in [0.1, 0.15) is 0 Å². The zero-order valence-electron chi connectivity index (χ0n) is 9.49. The number of hydrogen-bond donors (Lipinski definition) is 1. The lowest BCUT2D eigenvalue weighted by Crippen LogP contribution is -2.46.